The molecule has 0 radical (unpaired) electrons. The van der Waals surface area contributed by atoms with E-state index in [1.54, 1.807) is 42.5 Å². The van der Waals surface area contributed by atoms with Crippen molar-refractivity contribution in [2.24, 2.45) is 0 Å². The predicted octanol–water partition coefficient (Wildman–Crippen LogP) is 5.62. The van der Waals surface area contributed by atoms with Crippen LogP contribution in [0.1, 0.15) is 5.56 Å². The van der Waals surface area contributed by atoms with Crippen LogP contribution < -0.4 is 20.1 Å². The van der Waals surface area contributed by atoms with Crippen molar-refractivity contribution in [3.63, 3.8) is 0 Å². The average Bonchev–Trinajstić information content (AvgIpc) is 2.76. The molecule has 4 rings (SSSR count). The molecule has 0 aliphatic carbocycles. The lowest BCUT2D eigenvalue weighted by Gasteiger charge is -2.21. The first-order valence-electron chi connectivity index (χ1n) is 8.87. The molecule has 7 nitrogen and oxygen atoms in total. The normalized spacial score (nSPS) is 10.8. The van der Waals surface area contributed by atoms with Gasteiger partial charge in [0.1, 0.15) is 30.0 Å². The zero-order valence-electron chi connectivity index (χ0n) is 15.4. The molecule has 0 saturated carbocycles. The number of ether oxygens (including phenoxy) is 2. The van der Waals surface area contributed by atoms with E-state index >= 15 is 0 Å². The van der Waals surface area contributed by atoms with Crippen molar-refractivity contribution in [3.8, 4) is 17.2 Å². The minimum atomic E-state index is -0.291. The Hall–Kier alpha value is -3.33. The van der Waals surface area contributed by atoms with Gasteiger partial charge in [-0.15, -0.1) is 0 Å². The summed E-state index contributed by atoms with van der Waals surface area (Å²) in [5.41, 5.74) is 1.01. The lowest BCUT2D eigenvalue weighted by molar-refractivity contribution is 0.295. The van der Waals surface area contributed by atoms with Crippen LogP contribution in [0.2, 0.25) is 0 Å². The zero-order chi connectivity index (χ0) is 21.1. The van der Waals surface area contributed by atoms with Crippen LogP contribution in [0.15, 0.2) is 86.7 Å². The van der Waals surface area contributed by atoms with Gasteiger partial charge in [0.15, 0.2) is 0 Å². The van der Waals surface area contributed by atoms with Crippen molar-refractivity contribution >= 4 is 32.6 Å². The van der Waals surface area contributed by atoms with Gasteiger partial charge in [0.2, 0.25) is 11.2 Å². The van der Waals surface area contributed by atoms with Crippen LogP contribution in [0.5, 0.6) is 17.2 Å². The number of hydrogen-bond donors (Lipinski definition) is 1. The Bertz CT molecular complexity index is 1240. The molecule has 0 fully saturated rings. The molecule has 0 spiro atoms. The van der Waals surface area contributed by atoms with Gasteiger partial charge in [-0.25, -0.2) is 0 Å². The summed E-state index contributed by atoms with van der Waals surface area (Å²) >= 11 is 3.38. The molecular weight excluding hydrogens is 454 g/mol. The van der Waals surface area contributed by atoms with Gasteiger partial charge in [0.05, 0.1) is 15.5 Å². The maximum atomic E-state index is 12.7. The number of nitrogens with zero attached hydrogens (tertiary/aromatic N) is 1. The predicted molar refractivity (Wildman–Crippen MR) is 115 cm³/mol. The summed E-state index contributed by atoms with van der Waals surface area (Å²) in [6.45, 7) is 0.240. The lowest BCUT2D eigenvalue weighted by atomic mass is 10.2. The Labute approximate surface area is 179 Å². The van der Waals surface area contributed by atoms with E-state index in [9.17, 15) is 10.0 Å². The van der Waals surface area contributed by atoms with Gasteiger partial charge in [0, 0.05) is 6.07 Å². The molecule has 0 atom stereocenters. The molecular formula is C22H15BrNO6-. The first kappa shape index (κ1) is 20.0. The quantitative estimate of drug-likeness (QED) is 0.366. The monoisotopic (exact) mass is 468 g/mol. The van der Waals surface area contributed by atoms with Crippen molar-refractivity contribution in [3.05, 3.63) is 98.5 Å². The first-order chi connectivity index (χ1) is 14.5. The van der Waals surface area contributed by atoms with E-state index in [4.69, 9.17) is 19.1 Å². The van der Waals surface area contributed by atoms with Gasteiger partial charge >= 0.3 is 0 Å². The summed E-state index contributed by atoms with van der Waals surface area (Å²) in [6.07, 6.45) is 1.27. The van der Waals surface area contributed by atoms with Crippen molar-refractivity contribution in [1.82, 2.24) is 0 Å². The fourth-order valence-electron chi connectivity index (χ4n) is 2.78. The average molecular weight is 469 g/mol. The standard InChI is InChI=1S/C22H15BrNO6/c23-18-3-1-2-4-19(18)30-21-13-29-20-11-16(9-10-17(20)22(21)25)28-12-14-5-7-15(8-6-14)24(26)27/h1-11,13,26H,12H2/q-1. The smallest absolute Gasteiger partial charge is 0.235 e. The van der Waals surface area contributed by atoms with Gasteiger partial charge < -0.3 is 24.3 Å². The first-order valence-corrected chi connectivity index (χ1v) is 9.66. The maximum absolute atomic E-state index is 12.7. The Balaban J connectivity index is 1.52. The summed E-state index contributed by atoms with van der Waals surface area (Å²) in [5, 5.41) is 19.9. The number of para-hydroxylation sites is 1. The Kier molecular flexibility index (Phi) is 5.71. The summed E-state index contributed by atoms with van der Waals surface area (Å²) in [4.78, 5) is 12.7. The van der Waals surface area contributed by atoms with Crippen LogP contribution in [-0.2, 0) is 6.61 Å². The van der Waals surface area contributed by atoms with Crippen LogP contribution in [0.4, 0.5) is 5.69 Å². The number of fused-ring (bicyclic) bond motifs is 1. The number of hydrogen-bond acceptors (Lipinski definition) is 7. The summed E-state index contributed by atoms with van der Waals surface area (Å²) < 4.78 is 17.7. The van der Waals surface area contributed by atoms with Crippen molar-refractivity contribution in [2.45, 2.75) is 6.61 Å². The number of benzene rings is 3. The van der Waals surface area contributed by atoms with Gasteiger partial charge in [-0.2, -0.15) is 0 Å². The van der Waals surface area contributed by atoms with Crippen LogP contribution in [-0.4, -0.2) is 5.21 Å². The van der Waals surface area contributed by atoms with E-state index < -0.39 is 0 Å². The molecule has 1 N–H and O–H groups in total. The van der Waals surface area contributed by atoms with Crippen molar-refractivity contribution < 1.29 is 19.1 Å². The molecule has 0 unspecified atom stereocenters. The van der Waals surface area contributed by atoms with Crippen molar-refractivity contribution in [2.75, 3.05) is 5.23 Å². The maximum Gasteiger partial charge on any atom is 0.235 e. The summed E-state index contributed by atoms with van der Waals surface area (Å²) in [7, 11) is 0. The minimum Gasteiger partial charge on any atom is -0.733 e. The second-order valence-corrected chi connectivity index (χ2v) is 7.20. The molecule has 0 bridgehead atoms. The fraction of sp³-hybridized carbons (Fsp3) is 0.0455. The second-order valence-electron chi connectivity index (χ2n) is 6.35. The third-order valence-corrected chi connectivity index (χ3v) is 4.99. The van der Waals surface area contributed by atoms with Gasteiger partial charge in [0.25, 0.3) is 0 Å². The topological polar surface area (TPSA) is 95.2 Å². The van der Waals surface area contributed by atoms with Crippen LogP contribution in [0.3, 0.4) is 0 Å². The molecule has 0 aliphatic heterocycles. The van der Waals surface area contributed by atoms with Gasteiger partial charge in [-0.1, -0.05) is 24.3 Å². The van der Waals surface area contributed by atoms with Gasteiger partial charge in [-0.3, -0.25) is 10.0 Å². The summed E-state index contributed by atoms with van der Waals surface area (Å²) in [5.74, 6) is 1.11. The fourth-order valence-corrected chi connectivity index (χ4v) is 3.15. The Morgan fingerprint density at radius 2 is 1.80 bits per heavy atom. The van der Waals surface area contributed by atoms with E-state index in [1.807, 2.05) is 12.1 Å². The van der Waals surface area contributed by atoms with Crippen LogP contribution in [0, 0.1) is 5.21 Å². The Morgan fingerprint density at radius 3 is 2.53 bits per heavy atom. The summed E-state index contributed by atoms with van der Waals surface area (Å²) in [6, 6.07) is 18.4. The SMILES string of the molecule is O=c1c(Oc2ccccc2Br)coc2cc(OCc3ccc(N([O-])O)cc3)ccc12. The number of halogens is 1. The molecule has 30 heavy (non-hydrogen) atoms. The van der Waals surface area contributed by atoms with E-state index in [0.29, 0.717) is 22.5 Å². The number of anilines is 1. The zero-order valence-corrected chi connectivity index (χ0v) is 17.0. The molecule has 0 saturated heterocycles. The molecule has 152 valence electrons. The molecule has 3 aromatic carbocycles. The van der Waals surface area contributed by atoms with E-state index in [0.717, 1.165) is 10.0 Å². The minimum absolute atomic E-state index is 0.0828. The molecule has 8 heteroatoms. The molecule has 0 amide bonds. The highest BCUT2D eigenvalue weighted by molar-refractivity contribution is 9.10. The lowest BCUT2D eigenvalue weighted by Crippen LogP contribution is -2.07. The van der Waals surface area contributed by atoms with Crippen LogP contribution >= 0.6 is 15.9 Å². The Morgan fingerprint density at radius 1 is 1.03 bits per heavy atom. The third kappa shape index (κ3) is 4.30. The van der Waals surface area contributed by atoms with Crippen LogP contribution in [0.25, 0.3) is 11.0 Å². The number of rotatable bonds is 6. The molecule has 1 aromatic heterocycles. The third-order valence-electron chi connectivity index (χ3n) is 4.33. The van der Waals surface area contributed by atoms with Crippen molar-refractivity contribution in [1.29, 1.82) is 0 Å². The largest absolute Gasteiger partial charge is 0.733 e. The molecule has 4 aromatic rings. The highest BCUT2D eigenvalue weighted by atomic mass is 79.9. The van der Waals surface area contributed by atoms with E-state index in [2.05, 4.69) is 15.9 Å². The highest BCUT2D eigenvalue weighted by Gasteiger charge is 2.11. The van der Waals surface area contributed by atoms with E-state index in [1.165, 1.54) is 18.4 Å². The van der Waals surface area contributed by atoms with E-state index in [-0.39, 0.29) is 28.7 Å². The highest BCUT2D eigenvalue weighted by Crippen LogP contribution is 2.29. The molecule has 1 heterocycles. The molecule has 0 aliphatic rings. The van der Waals surface area contributed by atoms with Gasteiger partial charge in [-0.05, 0) is 57.9 Å². The second kappa shape index (κ2) is 8.58.